The van der Waals surface area contributed by atoms with E-state index in [1.807, 2.05) is 0 Å². The maximum Gasteiger partial charge on any atom is 0.123 e. The molecule has 9 atom stereocenters. The molecular formula is C24H40O5. The Bertz CT molecular complexity index is 612. The molecule has 0 heterocycles. The van der Waals surface area contributed by atoms with Gasteiger partial charge < -0.3 is 25.2 Å². The number of hydrogen-bond donors (Lipinski definition) is 4. The van der Waals surface area contributed by atoms with Crippen LogP contribution in [0.15, 0.2) is 0 Å². The first-order valence-electron chi connectivity index (χ1n) is 11.8. The minimum Gasteiger partial charge on any atom is -0.394 e. The summed E-state index contributed by atoms with van der Waals surface area (Å²) < 4.78 is 0. The summed E-state index contributed by atoms with van der Waals surface area (Å²) in [7, 11) is 0. The molecule has 0 saturated heterocycles. The zero-order chi connectivity index (χ0) is 21.0. The van der Waals surface area contributed by atoms with Crippen LogP contribution >= 0.6 is 0 Å². The number of carbonyl (C=O) groups excluding carboxylic acids is 1. The molecule has 0 amide bonds. The molecule has 4 aliphatic carbocycles. The van der Waals surface area contributed by atoms with Crippen LogP contribution < -0.4 is 0 Å². The Morgan fingerprint density at radius 2 is 1.55 bits per heavy atom. The summed E-state index contributed by atoms with van der Waals surface area (Å²) in [4.78, 5) is 12.1. The van der Waals surface area contributed by atoms with Crippen LogP contribution in [0.2, 0.25) is 0 Å². The number of rotatable bonds is 5. The number of fused-ring (bicyclic) bond motifs is 5. The van der Waals surface area contributed by atoms with E-state index in [0.717, 1.165) is 25.7 Å². The maximum absolute atomic E-state index is 12.1. The van der Waals surface area contributed by atoms with Gasteiger partial charge in [0.1, 0.15) is 6.29 Å². The van der Waals surface area contributed by atoms with Crippen molar-refractivity contribution < 1.29 is 25.2 Å². The van der Waals surface area contributed by atoms with Crippen LogP contribution in [0.25, 0.3) is 0 Å². The fourth-order valence-corrected chi connectivity index (χ4v) is 9.37. The van der Waals surface area contributed by atoms with Gasteiger partial charge in [0.05, 0.1) is 25.4 Å². The first-order chi connectivity index (χ1) is 13.8. The predicted molar refractivity (Wildman–Crippen MR) is 110 cm³/mol. The monoisotopic (exact) mass is 408 g/mol. The molecule has 29 heavy (non-hydrogen) atoms. The van der Waals surface area contributed by atoms with Crippen molar-refractivity contribution in [2.24, 2.45) is 45.8 Å². The minimum absolute atomic E-state index is 0.115. The molecule has 0 spiro atoms. The number of aliphatic hydroxyl groups excluding tert-OH is 4. The fraction of sp³-hybridized carbons (Fsp3) is 0.958. The van der Waals surface area contributed by atoms with Gasteiger partial charge in [0, 0.05) is 11.3 Å². The van der Waals surface area contributed by atoms with Crippen molar-refractivity contribution in [3.63, 3.8) is 0 Å². The molecule has 5 nitrogen and oxygen atoms in total. The van der Waals surface area contributed by atoms with Crippen molar-refractivity contribution >= 4 is 6.29 Å². The number of carbonyl (C=O) groups is 1. The van der Waals surface area contributed by atoms with Gasteiger partial charge in [-0.2, -0.15) is 0 Å². The van der Waals surface area contributed by atoms with Gasteiger partial charge in [0.25, 0.3) is 0 Å². The third kappa shape index (κ3) is 2.76. The lowest BCUT2D eigenvalue weighted by Gasteiger charge is -2.63. The van der Waals surface area contributed by atoms with Gasteiger partial charge in [0.2, 0.25) is 0 Å². The second-order valence-corrected chi connectivity index (χ2v) is 11.2. The first-order valence-corrected chi connectivity index (χ1v) is 11.8. The normalized spacial score (nSPS) is 51.4. The van der Waals surface area contributed by atoms with Crippen molar-refractivity contribution in [3.05, 3.63) is 0 Å². The molecule has 4 aliphatic rings. The lowest BCUT2D eigenvalue weighted by atomic mass is 9.41. The zero-order valence-corrected chi connectivity index (χ0v) is 18.1. The van der Waals surface area contributed by atoms with Gasteiger partial charge >= 0.3 is 0 Å². The van der Waals surface area contributed by atoms with E-state index < -0.39 is 30.8 Å². The van der Waals surface area contributed by atoms with Crippen LogP contribution in [0.3, 0.4) is 0 Å². The molecule has 4 N–H and O–H groups in total. The summed E-state index contributed by atoms with van der Waals surface area (Å²) >= 11 is 0. The molecule has 4 saturated carbocycles. The fourth-order valence-electron chi connectivity index (χ4n) is 9.37. The number of hydrogen-bond acceptors (Lipinski definition) is 5. The Kier molecular flexibility index (Phi) is 5.68. The molecular weight excluding hydrogens is 368 g/mol. The molecule has 0 aromatic carbocycles. The lowest BCUT2D eigenvalue weighted by Crippen LogP contribution is -2.61. The quantitative estimate of drug-likeness (QED) is 0.524. The first kappa shape index (κ1) is 21.7. The van der Waals surface area contributed by atoms with E-state index in [2.05, 4.69) is 13.8 Å². The van der Waals surface area contributed by atoms with Crippen molar-refractivity contribution in [3.8, 4) is 0 Å². The minimum atomic E-state index is -1.04. The van der Waals surface area contributed by atoms with Crippen LogP contribution in [0.5, 0.6) is 0 Å². The van der Waals surface area contributed by atoms with Gasteiger partial charge in [-0.3, -0.25) is 0 Å². The van der Waals surface area contributed by atoms with Gasteiger partial charge in [-0.25, -0.2) is 0 Å². The molecule has 0 aromatic rings. The SMILES string of the molecule is C[C@]12CCCCC1C(C=O)C[C@@H]1[C@H]2CC[C@@]2(C)[C@H]1CCC2(C(O)CO)C(O)CO. The Morgan fingerprint density at radius 3 is 2.17 bits per heavy atom. The Balaban J connectivity index is 1.73. The second-order valence-electron chi connectivity index (χ2n) is 11.2. The highest BCUT2D eigenvalue weighted by molar-refractivity contribution is 5.55. The largest absolute Gasteiger partial charge is 0.394 e. The third-order valence-electron chi connectivity index (χ3n) is 10.7. The van der Waals surface area contributed by atoms with E-state index in [1.54, 1.807) is 0 Å². The predicted octanol–water partition coefficient (Wildman–Crippen LogP) is 2.54. The van der Waals surface area contributed by atoms with Crippen molar-refractivity contribution in [2.45, 2.75) is 83.8 Å². The molecule has 0 radical (unpaired) electrons. The molecule has 0 aliphatic heterocycles. The highest BCUT2D eigenvalue weighted by Gasteiger charge is 2.68. The van der Waals surface area contributed by atoms with E-state index in [0.29, 0.717) is 30.1 Å². The van der Waals surface area contributed by atoms with Gasteiger partial charge in [0.15, 0.2) is 0 Å². The maximum atomic E-state index is 12.1. The van der Waals surface area contributed by atoms with E-state index in [9.17, 15) is 25.2 Å². The van der Waals surface area contributed by atoms with Crippen molar-refractivity contribution in [1.29, 1.82) is 0 Å². The summed E-state index contributed by atoms with van der Waals surface area (Å²) in [5, 5.41) is 41.4. The summed E-state index contributed by atoms with van der Waals surface area (Å²) in [6, 6.07) is 0. The Morgan fingerprint density at radius 1 is 0.897 bits per heavy atom. The van der Waals surface area contributed by atoms with Gasteiger partial charge in [-0.1, -0.05) is 26.7 Å². The molecule has 4 rings (SSSR count). The second kappa shape index (κ2) is 7.58. The molecule has 5 heteroatoms. The topological polar surface area (TPSA) is 98.0 Å². The van der Waals surface area contributed by atoms with Crippen molar-refractivity contribution in [2.75, 3.05) is 13.2 Å². The van der Waals surface area contributed by atoms with Crippen LogP contribution in [-0.4, -0.2) is 52.1 Å². The lowest BCUT2D eigenvalue weighted by molar-refractivity contribution is -0.200. The molecule has 166 valence electrons. The van der Waals surface area contributed by atoms with Crippen LogP contribution in [0.1, 0.15) is 71.6 Å². The van der Waals surface area contributed by atoms with E-state index >= 15 is 0 Å². The summed E-state index contributed by atoms with van der Waals surface area (Å²) in [5.74, 6) is 1.93. The van der Waals surface area contributed by atoms with E-state index in [4.69, 9.17) is 0 Å². The summed E-state index contributed by atoms with van der Waals surface area (Å²) in [6.45, 7) is 3.80. The van der Waals surface area contributed by atoms with Crippen LogP contribution in [0, 0.1) is 45.8 Å². The van der Waals surface area contributed by atoms with Crippen LogP contribution in [0.4, 0.5) is 0 Å². The van der Waals surface area contributed by atoms with Gasteiger partial charge in [-0.05, 0) is 79.4 Å². The zero-order valence-electron chi connectivity index (χ0n) is 18.1. The average Bonchev–Trinajstić information content (AvgIpc) is 3.05. The van der Waals surface area contributed by atoms with Gasteiger partial charge in [-0.15, -0.1) is 0 Å². The number of aliphatic hydroxyl groups is 4. The Labute approximate surface area is 174 Å². The van der Waals surface area contributed by atoms with Crippen molar-refractivity contribution in [1.82, 2.24) is 0 Å². The van der Waals surface area contributed by atoms with E-state index in [-0.39, 0.29) is 16.7 Å². The smallest absolute Gasteiger partial charge is 0.123 e. The average molecular weight is 409 g/mol. The summed E-state index contributed by atoms with van der Waals surface area (Å²) in [5.41, 5.74) is -1.01. The third-order valence-corrected chi connectivity index (χ3v) is 10.7. The van der Waals surface area contributed by atoms with E-state index in [1.165, 1.54) is 32.0 Å². The van der Waals surface area contributed by atoms with Crippen LogP contribution in [-0.2, 0) is 4.79 Å². The highest BCUT2D eigenvalue weighted by atomic mass is 16.3. The Hall–Kier alpha value is -0.490. The molecule has 4 fully saturated rings. The molecule has 0 aromatic heterocycles. The standard InChI is InChI=1S/C24H40O5/c1-22-8-4-3-5-17(22)15(12-25)11-16-18(22)6-9-23(2)19(16)7-10-24(23,20(28)13-26)21(29)14-27/h12,15-21,26-29H,3-11,13-14H2,1-2H3/t15?,16-,17?,18-,19+,20?,21?,22+,23+,24?/m1/s1. The molecule has 0 bridgehead atoms. The molecule has 4 unspecified atom stereocenters. The number of aldehydes is 1. The highest BCUT2D eigenvalue weighted by Crippen LogP contribution is 2.72. The summed E-state index contributed by atoms with van der Waals surface area (Å²) in [6.07, 6.45) is 8.37.